The van der Waals surface area contributed by atoms with Crippen LogP contribution in [0, 0.1) is 6.92 Å². The number of hydrogen-bond donors (Lipinski definition) is 1. The van der Waals surface area contributed by atoms with Crippen LogP contribution in [0.15, 0.2) is 66.9 Å². The fourth-order valence-electron chi connectivity index (χ4n) is 4.95. The highest BCUT2D eigenvalue weighted by Crippen LogP contribution is 2.44. The second-order valence-electron chi connectivity index (χ2n) is 12.4. The van der Waals surface area contributed by atoms with E-state index in [0.717, 1.165) is 22.1 Å². The maximum absolute atomic E-state index is 12.3. The topological polar surface area (TPSA) is 92.0 Å². The van der Waals surface area contributed by atoms with Crippen molar-refractivity contribution in [2.75, 3.05) is 20.8 Å². The van der Waals surface area contributed by atoms with Crippen LogP contribution in [0.1, 0.15) is 66.6 Å². The van der Waals surface area contributed by atoms with E-state index < -0.39 is 26.6 Å². The Bertz CT molecular complexity index is 1520. The van der Waals surface area contributed by atoms with E-state index in [2.05, 4.69) is 51.1 Å². The van der Waals surface area contributed by atoms with E-state index in [9.17, 15) is 9.90 Å². The first-order valence-corrected chi connectivity index (χ1v) is 17.5. The molecule has 8 nitrogen and oxygen atoms in total. The number of aromatic carboxylic acids is 1. The van der Waals surface area contributed by atoms with Gasteiger partial charge in [0.05, 0.1) is 44.2 Å². The molecule has 0 aliphatic heterocycles. The minimum absolute atomic E-state index is 0.0529. The number of nitrogens with zero attached hydrogens (tertiary/aromatic N) is 2. The Hall–Kier alpha value is -3.66. The van der Waals surface area contributed by atoms with Crippen molar-refractivity contribution in [2.24, 2.45) is 0 Å². The lowest BCUT2D eigenvalue weighted by Gasteiger charge is -2.40. The second kappa shape index (κ2) is 13.3. The molecule has 230 valence electrons. The molecule has 4 aromatic rings. The van der Waals surface area contributed by atoms with Crippen molar-refractivity contribution in [1.29, 1.82) is 0 Å². The van der Waals surface area contributed by atoms with Gasteiger partial charge in [-0.2, -0.15) is 5.10 Å². The first-order valence-electron chi connectivity index (χ1n) is 14.6. The average molecular weight is 605 g/mol. The summed E-state index contributed by atoms with van der Waals surface area (Å²) in [5.74, 6) is 0.396. The van der Waals surface area contributed by atoms with Crippen LogP contribution in [-0.4, -0.2) is 50.0 Å². The van der Waals surface area contributed by atoms with E-state index in [1.807, 2.05) is 43.3 Å². The van der Waals surface area contributed by atoms with Gasteiger partial charge in [0, 0.05) is 17.4 Å². The molecule has 43 heavy (non-hydrogen) atoms. The molecule has 9 heteroatoms. The van der Waals surface area contributed by atoms with E-state index in [4.69, 9.17) is 18.6 Å². The first-order chi connectivity index (χ1) is 20.4. The highest BCUT2D eigenvalue weighted by molar-refractivity contribution is 6.74. The maximum Gasteiger partial charge on any atom is 0.337 e. The van der Waals surface area contributed by atoms with Crippen molar-refractivity contribution in [3.63, 3.8) is 0 Å². The Morgan fingerprint density at radius 3 is 2.23 bits per heavy atom. The van der Waals surface area contributed by atoms with Gasteiger partial charge in [-0.3, -0.25) is 0 Å². The molecule has 0 saturated carbocycles. The van der Waals surface area contributed by atoms with Crippen LogP contribution in [0.2, 0.25) is 18.1 Å². The van der Waals surface area contributed by atoms with Gasteiger partial charge in [-0.25, -0.2) is 9.48 Å². The van der Waals surface area contributed by atoms with Crippen molar-refractivity contribution in [2.45, 2.75) is 71.0 Å². The van der Waals surface area contributed by atoms with Crippen LogP contribution >= 0.6 is 0 Å². The summed E-state index contributed by atoms with van der Waals surface area (Å²) in [5.41, 5.74) is 3.65. The highest BCUT2D eigenvalue weighted by atomic mass is 28.4. The highest BCUT2D eigenvalue weighted by Gasteiger charge is 2.40. The van der Waals surface area contributed by atoms with Crippen LogP contribution in [0.3, 0.4) is 0 Å². The van der Waals surface area contributed by atoms with Gasteiger partial charge in [0.15, 0.2) is 14.5 Å². The van der Waals surface area contributed by atoms with E-state index in [-0.39, 0.29) is 10.6 Å². The molecule has 0 saturated heterocycles. The monoisotopic (exact) mass is 604 g/mol. The molecule has 4 rings (SSSR count). The summed E-state index contributed by atoms with van der Waals surface area (Å²) in [4.78, 5) is 12.3. The van der Waals surface area contributed by atoms with Gasteiger partial charge in [0.1, 0.15) is 11.5 Å². The smallest absolute Gasteiger partial charge is 0.337 e. The van der Waals surface area contributed by atoms with E-state index in [1.54, 1.807) is 37.2 Å². The van der Waals surface area contributed by atoms with Gasteiger partial charge in [-0.1, -0.05) is 63.2 Å². The molecule has 0 aliphatic rings. The van der Waals surface area contributed by atoms with Gasteiger partial charge in [0.2, 0.25) is 0 Å². The molecule has 2 atom stereocenters. The fraction of sp³-hybridized carbons (Fsp3) is 0.412. The predicted molar refractivity (Wildman–Crippen MR) is 172 cm³/mol. The number of benzene rings is 3. The molecule has 0 radical (unpaired) electrons. The lowest BCUT2D eigenvalue weighted by atomic mass is 10.0. The third kappa shape index (κ3) is 7.29. The quantitative estimate of drug-likeness (QED) is 0.155. The number of aromatic nitrogens is 2. The molecule has 0 fully saturated rings. The Morgan fingerprint density at radius 1 is 1.00 bits per heavy atom. The van der Waals surface area contributed by atoms with Gasteiger partial charge < -0.3 is 23.7 Å². The van der Waals surface area contributed by atoms with Crippen LogP contribution < -0.4 is 9.47 Å². The average Bonchev–Trinajstić information content (AvgIpc) is 3.40. The van der Waals surface area contributed by atoms with Gasteiger partial charge in [-0.05, 0) is 60.8 Å². The zero-order valence-corrected chi connectivity index (χ0v) is 27.5. The molecule has 1 N–H and O–H groups in total. The number of carboxylic acid groups (broad SMARTS) is 1. The lowest BCUT2D eigenvalue weighted by molar-refractivity contribution is -0.0326. The van der Waals surface area contributed by atoms with Gasteiger partial charge in [0.25, 0.3) is 0 Å². The van der Waals surface area contributed by atoms with Gasteiger partial charge >= 0.3 is 5.97 Å². The van der Waals surface area contributed by atoms with Crippen molar-refractivity contribution >= 4 is 25.2 Å². The number of rotatable bonds is 13. The predicted octanol–water partition coefficient (Wildman–Crippen LogP) is 7.97. The van der Waals surface area contributed by atoms with Gasteiger partial charge in [-0.15, -0.1) is 0 Å². The number of carboxylic acids is 1. The van der Waals surface area contributed by atoms with Crippen LogP contribution in [0.5, 0.6) is 11.5 Å². The third-order valence-electron chi connectivity index (χ3n) is 8.47. The molecule has 3 aromatic carbocycles. The normalized spacial score (nSPS) is 13.6. The summed E-state index contributed by atoms with van der Waals surface area (Å²) in [6.07, 6.45) is 1.75. The summed E-state index contributed by atoms with van der Waals surface area (Å²) in [6, 6.07) is 19.3. The van der Waals surface area contributed by atoms with Crippen molar-refractivity contribution in [3.05, 3.63) is 89.1 Å². The zero-order chi connectivity index (χ0) is 31.4. The minimum Gasteiger partial charge on any atom is -0.496 e. The zero-order valence-electron chi connectivity index (χ0n) is 26.5. The molecule has 0 amide bonds. The van der Waals surface area contributed by atoms with Crippen molar-refractivity contribution in [1.82, 2.24) is 9.78 Å². The third-order valence-corrected chi connectivity index (χ3v) is 13.0. The number of carbonyl (C=O) groups is 1. The number of methoxy groups -OCH3 is 2. The summed E-state index contributed by atoms with van der Waals surface area (Å²) in [7, 11) is 0.995. The lowest BCUT2D eigenvalue weighted by Crippen LogP contribution is -2.42. The molecule has 1 aromatic heterocycles. The first kappa shape index (κ1) is 32.3. The Morgan fingerprint density at radius 2 is 1.65 bits per heavy atom. The standard InChI is InChI=1S/C34H44N2O6Si/c1-23-28(39-5)19-26(20-29(23)40-6)30(42-43(7,8)34(2,3)4)21-31(41-18-17-24-13-10-9-11-14-24)36-32-25(22-35-36)15-12-16-27(32)33(37)38/h9-16,19-20,22,30-31H,17-18,21H2,1-8H3,(H,37,38). The number of ether oxygens (including phenoxy) is 3. The van der Waals surface area contributed by atoms with E-state index >= 15 is 0 Å². The number of hydrogen-bond acceptors (Lipinski definition) is 6. The summed E-state index contributed by atoms with van der Waals surface area (Å²) in [5, 5.41) is 15.4. The molecule has 0 bridgehead atoms. The molecular weight excluding hydrogens is 560 g/mol. The summed E-state index contributed by atoms with van der Waals surface area (Å²) >= 11 is 0. The minimum atomic E-state index is -2.30. The molecule has 0 aliphatic carbocycles. The summed E-state index contributed by atoms with van der Waals surface area (Å²) in [6.45, 7) is 13.4. The molecule has 2 unspecified atom stereocenters. The Balaban J connectivity index is 1.82. The Labute approximate surface area is 255 Å². The molecule has 0 spiro atoms. The van der Waals surface area contributed by atoms with E-state index in [0.29, 0.717) is 36.5 Å². The van der Waals surface area contributed by atoms with Crippen LogP contribution in [-0.2, 0) is 15.6 Å². The van der Waals surface area contributed by atoms with Crippen LogP contribution in [0.4, 0.5) is 0 Å². The van der Waals surface area contributed by atoms with Crippen molar-refractivity contribution < 1.29 is 28.5 Å². The maximum atomic E-state index is 12.3. The van der Waals surface area contributed by atoms with E-state index in [1.165, 1.54) is 0 Å². The number of fused-ring (bicyclic) bond motifs is 1. The second-order valence-corrected chi connectivity index (χ2v) is 17.1. The summed E-state index contributed by atoms with van der Waals surface area (Å²) < 4.78 is 26.9. The molecule has 1 heterocycles. The fourth-order valence-corrected chi connectivity index (χ4v) is 6.25. The Kier molecular flexibility index (Phi) is 9.99. The SMILES string of the molecule is COc1cc(C(CC(OCCc2ccccc2)n2ncc3cccc(C(=O)O)c32)O[Si](C)(C)C(C)(C)C)cc(OC)c1C. The van der Waals surface area contributed by atoms with Crippen LogP contribution in [0.25, 0.3) is 10.9 Å². The largest absolute Gasteiger partial charge is 0.496 e. The van der Waals surface area contributed by atoms with Crippen molar-refractivity contribution in [3.8, 4) is 11.5 Å². The molecular formula is C34H44N2O6Si. The number of para-hydroxylation sites is 1.